The molecule has 3 N–H and O–H groups in total. The van der Waals surface area contributed by atoms with E-state index in [0.717, 1.165) is 18.7 Å². The monoisotopic (exact) mass is 261 g/mol. The first kappa shape index (κ1) is 14.0. The van der Waals surface area contributed by atoms with Gasteiger partial charge >= 0.3 is 0 Å². The van der Waals surface area contributed by atoms with E-state index < -0.39 is 0 Å². The SMILES string of the molecule is CCC1(CNC(=O)c2ccnc(CN)c2)CCCC1. The zero-order valence-corrected chi connectivity index (χ0v) is 11.6. The first-order chi connectivity index (χ1) is 9.19. The van der Waals surface area contributed by atoms with Crippen LogP contribution in [0.5, 0.6) is 0 Å². The van der Waals surface area contributed by atoms with E-state index in [-0.39, 0.29) is 5.91 Å². The van der Waals surface area contributed by atoms with Gasteiger partial charge in [0.05, 0.1) is 5.69 Å². The van der Waals surface area contributed by atoms with Gasteiger partial charge in [0.1, 0.15) is 0 Å². The van der Waals surface area contributed by atoms with Crippen LogP contribution in [-0.2, 0) is 6.54 Å². The van der Waals surface area contributed by atoms with Crippen LogP contribution >= 0.6 is 0 Å². The number of hydrogen-bond acceptors (Lipinski definition) is 3. The van der Waals surface area contributed by atoms with Gasteiger partial charge in [-0.1, -0.05) is 19.8 Å². The normalized spacial score (nSPS) is 17.4. The second-order valence-electron chi connectivity index (χ2n) is 5.48. The van der Waals surface area contributed by atoms with Crippen LogP contribution in [0.1, 0.15) is 55.1 Å². The highest BCUT2D eigenvalue weighted by Crippen LogP contribution is 2.40. The number of carbonyl (C=O) groups is 1. The van der Waals surface area contributed by atoms with Crippen LogP contribution in [0.3, 0.4) is 0 Å². The molecule has 0 aromatic carbocycles. The van der Waals surface area contributed by atoms with E-state index in [9.17, 15) is 4.79 Å². The summed E-state index contributed by atoms with van der Waals surface area (Å²) < 4.78 is 0. The topological polar surface area (TPSA) is 68.0 Å². The van der Waals surface area contributed by atoms with Crippen LogP contribution in [0.25, 0.3) is 0 Å². The molecule has 0 bridgehead atoms. The molecule has 1 aliphatic rings. The lowest BCUT2D eigenvalue weighted by atomic mass is 9.83. The second kappa shape index (κ2) is 6.15. The summed E-state index contributed by atoms with van der Waals surface area (Å²) in [6, 6.07) is 3.50. The van der Waals surface area contributed by atoms with E-state index in [2.05, 4.69) is 17.2 Å². The molecule has 0 saturated heterocycles. The Morgan fingerprint density at radius 3 is 2.84 bits per heavy atom. The summed E-state index contributed by atoms with van der Waals surface area (Å²) in [5, 5.41) is 3.08. The Morgan fingerprint density at radius 2 is 2.21 bits per heavy atom. The maximum Gasteiger partial charge on any atom is 0.251 e. The van der Waals surface area contributed by atoms with Crippen molar-refractivity contribution in [2.24, 2.45) is 11.1 Å². The highest BCUT2D eigenvalue weighted by atomic mass is 16.1. The zero-order valence-electron chi connectivity index (χ0n) is 11.6. The van der Waals surface area contributed by atoms with Crippen molar-refractivity contribution in [1.29, 1.82) is 0 Å². The Labute approximate surface area is 114 Å². The van der Waals surface area contributed by atoms with E-state index in [1.165, 1.54) is 25.7 Å². The predicted octanol–water partition coefficient (Wildman–Crippen LogP) is 2.24. The molecule has 1 aromatic rings. The van der Waals surface area contributed by atoms with Crippen molar-refractivity contribution in [3.63, 3.8) is 0 Å². The Kier molecular flexibility index (Phi) is 4.53. The Bertz CT molecular complexity index is 439. The number of aromatic nitrogens is 1. The van der Waals surface area contributed by atoms with Crippen LogP contribution in [0.4, 0.5) is 0 Å². The van der Waals surface area contributed by atoms with Gasteiger partial charge in [-0.3, -0.25) is 9.78 Å². The lowest BCUT2D eigenvalue weighted by Gasteiger charge is -2.27. The molecule has 0 spiro atoms. The molecule has 4 nitrogen and oxygen atoms in total. The Balaban J connectivity index is 1.97. The molecular weight excluding hydrogens is 238 g/mol. The molecule has 1 heterocycles. The van der Waals surface area contributed by atoms with E-state index in [0.29, 0.717) is 17.5 Å². The van der Waals surface area contributed by atoms with Crippen molar-refractivity contribution in [3.05, 3.63) is 29.6 Å². The van der Waals surface area contributed by atoms with E-state index in [4.69, 9.17) is 5.73 Å². The molecule has 0 atom stereocenters. The molecule has 1 fully saturated rings. The summed E-state index contributed by atoms with van der Waals surface area (Å²) in [5.74, 6) is -0.0168. The van der Waals surface area contributed by atoms with E-state index >= 15 is 0 Å². The third-order valence-electron chi connectivity index (χ3n) is 4.33. The minimum atomic E-state index is -0.0168. The fraction of sp³-hybridized carbons (Fsp3) is 0.600. The highest BCUT2D eigenvalue weighted by molar-refractivity contribution is 5.94. The average Bonchev–Trinajstić information content (AvgIpc) is 2.94. The van der Waals surface area contributed by atoms with Gasteiger partial charge in [-0.05, 0) is 36.8 Å². The summed E-state index contributed by atoms with van der Waals surface area (Å²) >= 11 is 0. The molecule has 1 aromatic heterocycles. The average molecular weight is 261 g/mol. The minimum Gasteiger partial charge on any atom is -0.351 e. The largest absolute Gasteiger partial charge is 0.351 e. The summed E-state index contributed by atoms with van der Waals surface area (Å²) in [6.07, 6.45) is 7.81. The van der Waals surface area contributed by atoms with Gasteiger partial charge in [0.2, 0.25) is 0 Å². The number of hydrogen-bond donors (Lipinski definition) is 2. The van der Waals surface area contributed by atoms with Gasteiger partial charge in [0.15, 0.2) is 0 Å². The molecule has 2 rings (SSSR count). The first-order valence-corrected chi connectivity index (χ1v) is 7.12. The van der Waals surface area contributed by atoms with Crippen molar-refractivity contribution in [1.82, 2.24) is 10.3 Å². The molecule has 19 heavy (non-hydrogen) atoms. The minimum absolute atomic E-state index is 0.0168. The molecule has 4 heteroatoms. The van der Waals surface area contributed by atoms with Gasteiger partial charge < -0.3 is 11.1 Å². The molecule has 0 unspecified atom stereocenters. The maximum atomic E-state index is 12.1. The molecule has 0 aliphatic heterocycles. The van der Waals surface area contributed by atoms with Crippen molar-refractivity contribution in [2.75, 3.05) is 6.54 Å². The van der Waals surface area contributed by atoms with Crippen molar-refractivity contribution in [2.45, 2.75) is 45.6 Å². The summed E-state index contributed by atoms with van der Waals surface area (Å²) in [7, 11) is 0. The first-order valence-electron chi connectivity index (χ1n) is 7.12. The number of carbonyl (C=O) groups excluding carboxylic acids is 1. The number of rotatable bonds is 5. The summed E-state index contributed by atoms with van der Waals surface area (Å²) in [6.45, 7) is 3.36. The number of nitrogens with two attached hydrogens (primary N) is 1. The number of amides is 1. The summed E-state index contributed by atoms with van der Waals surface area (Å²) in [4.78, 5) is 16.3. The molecular formula is C15H23N3O. The Hall–Kier alpha value is -1.42. The predicted molar refractivity (Wildman–Crippen MR) is 75.7 cm³/mol. The van der Waals surface area contributed by atoms with Crippen molar-refractivity contribution >= 4 is 5.91 Å². The molecule has 1 saturated carbocycles. The second-order valence-corrected chi connectivity index (χ2v) is 5.48. The molecule has 1 amide bonds. The van der Waals surface area contributed by atoms with Gasteiger partial charge in [-0.15, -0.1) is 0 Å². The quantitative estimate of drug-likeness (QED) is 0.854. The fourth-order valence-corrected chi connectivity index (χ4v) is 2.88. The maximum absolute atomic E-state index is 12.1. The van der Waals surface area contributed by atoms with Gasteiger partial charge in [-0.2, -0.15) is 0 Å². The molecule has 1 aliphatic carbocycles. The lowest BCUT2D eigenvalue weighted by molar-refractivity contribution is 0.0928. The van der Waals surface area contributed by atoms with Crippen LogP contribution in [-0.4, -0.2) is 17.4 Å². The van der Waals surface area contributed by atoms with Gasteiger partial charge in [0, 0.05) is 24.8 Å². The van der Waals surface area contributed by atoms with Crippen LogP contribution < -0.4 is 11.1 Å². The molecule has 104 valence electrons. The summed E-state index contributed by atoms with van der Waals surface area (Å²) in [5.41, 5.74) is 7.26. The third-order valence-corrected chi connectivity index (χ3v) is 4.33. The number of nitrogens with one attached hydrogen (secondary N) is 1. The lowest BCUT2D eigenvalue weighted by Crippen LogP contribution is -2.35. The van der Waals surface area contributed by atoms with Gasteiger partial charge in [0.25, 0.3) is 5.91 Å². The van der Waals surface area contributed by atoms with Crippen molar-refractivity contribution < 1.29 is 4.79 Å². The smallest absolute Gasteiger partial charge is 0.251 e. The highest BCUT2D eigenvalue weighted by Gasteiger charge is 2.32. The van der Waals surface area contributed by atoms with E-state index in [1.54, 1.807) is 18.3 Å². The van der Waals surface area contributed by atoms with E-state index in [1.807, 2.05) is 0 Å². The van der Waals surface area contributed by atoms with Crippen LogP contribution in [0, 0.1) is 5.41 Å². The van der Waals surface area contributed by atoms with Crippen molar-refractivity contribution in [3.8, 4) is 0 Å². The van der Waals surface area contributed by atoms with Crippen LogP contribution in [0.2, 0.25) is 0 Å². The van der Waals surface area contributed by atoms with Crippen LogP contribution in [0.15, 0.2) is 18.3 Å². The Morgan fingerprint density at radius 1 is 1.47 bits per heavy atom. The van der Waals surface area contributed by atoms with Gasteiger partial charge in [-0.25, -0.2) is 0 Å². The zero-order chi connectivity index (χ0) is 13.7. The standard InChI is InChI=1S/C15H23N3O/c1-2-15(6-3-4-7-15)11-18-14(19)12-5-8-17-13(9-12)10-16/h5,8-9H,2-4,6-7,10-11,16H2,1H3,(H,18,19). The fourth-order valence-electron chi connectivity index (χ4n) is 2.88. The third kappa shape index (κ3) is 3.32. The number of pyridine rings is 1. The molecule has 0 radical (unpaired) electrons. The number of nitrogens with zero attached hydrogens (tertiary/aromatic N) is 1.